The van der Waals surface area contributed by atoms with E-state index in [1.165, 1.54) is 19.3 Å². The Bertz CT molecular complexity index is 726. The van der Waals surface area contributed by atoms with Gasteiger partial charge in [0.2, 0.25) is 0 Å². The zero-order chi connectivity index (χ0) is 19.2. The standard InChI is InChI=1S/C20H28N4O3/c1-3-27-19(25)18-14(2)22-20(26)23-16(18)13-21-15-9-5-6-10-17(15)24-11-7-4-8-12-24/h5-6,9-10,14,21H,3-4,7-8,11-13H2,1-2H3,(H2,22,23,26)/t14-/m1/s1. The first-order valence-electron chi connectivity index (χ1n) is 9.65. The summed E-state index contributed by atoms with van der Waals surface area (Å²) in [5.74, 6) is -0.404. The summed E-state index contributed by atoms with van der Waals surface area (Å²) in [4.78, 5) is 26.6. The monoisotopic (exact) mass is 372 g/mol. The Kier molecular flexibility index (Phi) is 6.21. The molecule has 0 saturated carbocycles. The molecule has 0 aromatic heterocycles. The highest BCUT2D eigenvalue weighted by atomic mass is 16.5. The first kappa shape index (κ1) is 19.1. The maximum absolute atomic E-state index is 12.3. The van der Waals surface area contributed by atoms with Gasteiger partial charge in [-0.05, 0) is 45.2 Å². The van der Waals surface area contributed by atoms with Crippen LogP contribution in [0.15, 0.2) is 35.5 Å². The number of nitrogens with zero attached hydrogens (tertiary/aromatic N) is 1. The third kappa shape index (κ3) is 4.53. The fraction of sp³-hybridized carbons (Fsp3) is 0.500. The number of rotatable bonds is 6. The molecule has 0 unspecified atom stereocenters. The van der Waals surface area contributed by atoms with E-state index in [4.69, 9.17) is 4.74 Å². The lowest BCUT2D eigenvalue weighted by atomic mass is 10.0. The van der Waals surface area contributed by atoms with Gasteiger partial charge in [-0.15, -0.1) is 0 Å². The van der Waals surface area contributed by atoms with Crippen LogP contribution in [0.25, 0.3) is 0 Å². The summed E-state index contributed by atoms with van der Waals surface area (Å²) < 4.78 is 5.16. The summed E-state index contributed by atoms with van der Waals surface area (Å²) in [5, 5.41) is 8.87. The Morgan fingerprint density at radius 2 is 2.00 bits per heavy atom. The van der Waals surface area contributed by atoms with Crippen molar-refractivity contribution >= 4 is 23.4 Å². The van der Waals surface area contributed by atoms with Crippen LogP contribution in [0.3, 0.4) is 0 Å². The Morgan fingerprint density at radius 3 is 2.74 bits per heavy atom. The van der Waals surface area contributed by atoms with Gasteiger partial charge in [0, 0.05) is 13.1 Å². The van der Waals surface area contributed by atoms with E-state index in [0.29, 0.717) is 24.4 Å². The number of hydrogen-bond donors (Lipinski definition) is 3. The van der Waals surface area contributed by atoms with Crippen LogP contribution in [-0.4, -0.2) is 44.3 Å². The van der Waals surface area contributed by atoms with Crippen molar-refractivity contribution in [1.82, 2.24) is 10.6 Å². The molecule has 2 aliphatic heterocycles. The van der Waals surface area contributed by atoms with Gasteiger partial charge in [-0.25, -0.2) is 9.59 Å². The third-order valence-electron chi connectivity index (χ3n) is 4.92. The predicted octanol–water partition coefficient (Wildman–Crippen LogP) is 2.61. The maximum Gasteiger partial charge on any atom is 0.337 e. The molecular weight excluding hydrogens is 344 g/mol. The van der Waals surface area contributed by atoms with E-state index in [0.717, 1.165) is 24.5 Å². The minimum Gasteiger partial charge on any atom is -0.463 e. The summed E-state index contributed by atoms with van der Waals surface area (Å²) in [7, 11) is 0. The van der Waals surface area contributed by atoms with Crippen LogP contribution >= 0.6 is 0 Å². The lowest BCUT2D eigenvalue weighted by Crippen LogP contribution is -2.50. The number of carbonyl (C=O) groups is 2. The molecule has 3 rings (SSSR count). The Labute approximate surface area is 160 Å². The van der Waals surface area contributed by atoms with E-state index in [1.54, 1.807) is 13.8 Å². The molecule has 0 radical (unpaired) electrons. The average molecular weight is 372 g/mol. The van der Waals surface area contributed by atoms with Crippen molar-refractivity contribution in [2.45, 2.75) is 39.2 Å². The van der Waals surface area contributed by atoms with Gasteiger partial charge in [0.05, 0.1) is 41.8 Å². The Morgan fingerprint density at radius 1 is 1.26 bits per heavy atom. The molecule has 1 aromatic rings. The van der Waals surface area contributed by atoms with Gasteiger partial charge in [0.1, 0.15) is 0 Å². The molecule has 2 aliphatic rings. The number of hydrogen-bond acceptors (Lipinski definition) is 5. The number of para-hydroxylation sites is 2. The number of carbonyl (C=O) groups excluding carboxylic acids is 2. The molecule has 0 spiro atoms. The summed E-state index contributed by atoms with van der Waals surface area (Å²) in [6.45, 7) is 6.29. The molecule has 3 N–H and O–H groups in total. The van der Waals surface area contributed by atoms with Crippen molar-refractivity contribution in [2.24, 2.45) is 0 Å². The number of urea groups is 1. The molecule has 27 heavy (non-hydrogen) atoms. The van der Waals surface area contributed by atoms with E-state index in [9.17, 15) is 9.59 Å². The molecule has 1 saturated heterocycles. The van der Waals surface area contributed by atoms with E-state index < -0.39 is 12.0 Å². The molecule has 2 amide bonds. The van der Waals surface area contributed by atoms with Gasteiger partial charge < -0.3 is 25.6 Å². The van der Waals surface area contributed by atoms with E-state index in [-0.39, 0.29) is 6.03 Å². The summed E-state index contributed by atoms with van der Waals surface area (Å²) >= 11 is 0. The number of esters is 1. The second-order valence-electron chi connectivity index (χ2n) is 6.85. The second kappa shape index (κ2) is 8.79. The molecule has 146 valence electrons. The highest BCUT2D eigenvalue weighted by molar-refractivity contribution is 5.95. The van der Waals surface area contributed by atoms with E-state index in [2.05, 4.69) is 26.9 Å². The van der Waals surface area contributed by atoms with Gasteiger partial charge in [-0.2, -0.15) is 0 Å². The fourth-order valence-electron chi connectivity index (χ4n) is 3.64. The summed E-state index contributed by atoms with van der Waals surface area (Å²) in [6, 6.07) is 7.45. The van der Waals surface area contributed by atoms with Gasteiger partial charge in [-0.3, -0.25) is 0 Å². The van der Waals surface area contributed by atoms with Crippen LogP contribution < -0.4 is 20.9 Å². The van der Waals surface area contributed by atoms with Gasteiger partial charge in [0.25, 0.3) is 0 Å². The van der Waals surface area contributed by atoms with Gasteiger partial charge in [-0.1, -0.05) is 12.1 Å². The third-order valence-corrected chi connectivity index (χ3v) is 4.92. The van der Waals surface area contributed by atoms with Crippen molar-refractivity contribution in [3.63, 3.8) is 0 Å². The minimum atomic E-state index is -0.404. The first-order valence-corrected chi connectivity index (χ1v) is 9.65. The Hall–Kier alpha value is -2.70. The average Bonchev–Trinajstić information content (AvgIpc) is 2.67. The summed E-state index contributed by atoms with van der Waals surface area (Å²) in [5.41, 5.74) is 3.16. The van der Waals surface area contributed by atoms with Crippen molar-refractivity contribution in [3.05, 3.63) is 35.5 Å². The molecule has 1 atom stereocenters. The normalized spacial score (nSPS) is 20.0. The van der Waals surface area contributed by atoms with Crippen molar-refractivity contribution in [2.75, 3.05) is 36.5 Å². The molecule has 2 heterocycles. The number of ether oxygens (including phenoxy) is 1. The Balaban J connectivity index is 1.80. The predicted molar refractivity (Wildman–Crippen MR) is 106 cm³/mol. The van der Waals surface area contributed by atoms with E-state index >= 15 is 0 Å². The molecule has 0 aliphatic carbocycles. The molecular formula is C20H28N4O3. The number of amides is 2. The first-order chi connectivity index (χ1) is 13.1. The van der Waals surface area contributed by atoms with Crippen LogP contribution in [0.4, 0.5) is 16.2 Å². The number of benzene rings is 1. The van der Waals surface area contributed by atoms with Crippen LogP contribution in [0.1, 0.15) is 33.1 Å². The fourth-order valence-corrected chi connectivity index (χ4v) is 3.64. The smallest absolute Gasteiger partial charge is 0.337 e. The van der Waals surface area contributed by atoms with Gasteiger partial charge in [0.15, 0.2) is 0 Å². The SMILES string of the molecule is CCOC(=O)C1=C(CNc2ccccc2N2CCCCC2)NC(=O)N[C@@H]1C. The molecule has 1 fully saturated rings. The number of piperidine rings is 1. The van der Waals surface area contributed by atoms with Crippen molar-refractivity contribution in [1.29, 1.82) is 0 Å². The maximum atomic E-state index is 12.3. The highest BCUT2D eigenvalue weighted by Gasteiger charge is 2.29. The van der Waals surface area contributed by atoms with Crippen LogP contribution in [0.5, 0.6) is 0 Å². The second-order valence-corrected chi connectivity index (χ2v) is 6.85. The highest BCUT2D eigenvalue weighted by Crippen LogP contribution is 2.28. The van der Waals surface area contributed by atoms with E-state index in [1.807, 2.05) is 18.2 Å². The van der Waals surface area contributed by atoms with Gasteiger partial charge >= 0.3 is 12.0 Å². The molecule has 7 nitrogen and oxygen atoms in total. The van der Waals surface area contributed by atoms with Crippen LogP contribution in [0, 0.1) is 0 Å². The minimum absolute atomic E-state index is 0.293. The lowest BCUT2D eigenvalue weighted by molar-refractivity contribution is -0.138. The van der Waals surface area contributed by atoms with Crippen LogP contribution in [0.2, 0.25) is 0 Å². The molecule has 1 aromatic carbocycles. The number of nitrogens with one attached hydrogen (secondary N) is 3. The van der Waals surface area contributed by atoms with Crippen molar-refractivity contribution in [3.8, 4) is 0 Å². The van der Waals surface area contributed by atoms with Crippen molar-refractivity contribution < 1.29 is 14.3 Å². The zero-order valence-electron chi connectivity index (χ0n) is 16.0. The lowest BCUT2D eigenvalue weighted by Gasteiger charge is -2.31. The topological polar surface area (TPSA) is 82.7 Å². The zero-order valence-corrected chi connectivity index (χ0v) is 16.0. The number of anilines is 2. The molecule has 0 bridgehead atoms. The largest absolute Gasteiger partial charge is 0.463 e. The summed E-state index contributed by atoms with van der Waals surface area (Å²) in [6.07, 6.45) is 3.68. The molecule has 7 heteroatoms. The quantitative estimate of drug-likeness (QED) is 0.669. The van der Waals surface area contributed by atoms with Crippen LogP contribution in [-0.2, 0) is 9.53 Å².